The van der Waals surface area contributed by atoms with Gasteiger partial charge in [-0.15, -0.1) is 24.0 Å². The van der Waals surface area contributed by atoms with Crippen molar-refractivity contribution in [2.24, 2.45) is 10.4 Å². The first-order chi connectivity index (χ1) is 13.5. The highest BCUT2D eigenvalue weighted by Crippen LogP contribution is 2.40. The summed E-state index contributed by atoms with van der Waals surface area (Å²) in [6.07, 6.45) is 5.81. The molecule has 6 nitrogen and oxygen atoms in total. The fourth-order valence-corrected chi connectivity index (χ4v) is 3.66. The second kappa shape index (κ2) is 13.0. The van der Waals surface area contributed by atoms with E-state index in [1.165, 1.54) is 38.9 Å². The molecule has 2 rings (SSSR count). The maximum absolute atomic E-state index is 12.7. The first kappa shape index (κ1) is 25.7. The number of hydrogen-bond donors (Lipinski definition) is 2. The Morgan fingerprint density at radius 2 is 1.93 bits per heavy atom. The van der Waals surface area contributed by atoms with E-state index in [1.54, 1.807) is 26.3 Å². The van der Waals surface area contributed by atoms with Crippen molar-refractivity contribution >= 4 is 29.9 Å². The SMILES string of the molecule is CN=C(NCc1cc(OC)ccc1OC(F)F)NCC1(CCOC)CCCC1.I. The van der Waals surface area contributed by atoms with E-state index in [0.717, 1.165) is 19.6 Å². The Hall–Kier alpha value is -1.36. The predicted octanol–water partition coefficient (Wildman–Crippen LogP) is 4.18. The second-order valence-electron chi connectivity index (χ2n) is 7.08. The molecule has 0 amide bonds. The lowest BCUT2D eigenvalue weighted by Crippen LogP contribution is -2.43. The van der Waals surface area contributed by atoms with Crippen LogP contribution >= 0.6 is 24.0 Å². The summed E-state index contributed by atoms with van der Waals surface area (Å²) in [5.41, 5.74) is 0.783. The van der Waals surface area contributed by atoms with Crippen LogP contribution in [0.15, 0.2) is 23.2 Å². The van der Waals surface area contributed by atoms with Crippen LogP contribution in [-0.4, -0.2) is 47.0 Å². The largest absolute Gasteiger partial charge is 0.497 e. The van der Waals surface area contributed by atoms with Crippen molar-refractivity contribution in [2.45, 2.75) is 45.3 Å². The van der Waals surface area contributed by atoms with Crippen LogP contribution in [0.4, 0.5) is 8.78 Å². The first-order valence-corrected chi connectivity index (χ1v) is 9.57. The van der Waals surface area contributed by atoms with Crippen LogP contribution in [0.5, 0.6) is 11.5 Å². The van der Waals surface area contributed by atoms with Gasteiger partial charge in [0.1, 0.15) is 11.5 Å². The van der Waals surface area contributed by atoms with Crippen LogP contribution in [-0.2, 0) is 11.3 Å². The number of ether oxygens (including phenoxy) is 3. The van der Waals surface area contributed by atoms with Crippen LogP contribution in [0.25, 0.3) is 0 Å². The van der Waals surface area contributed by atoms with E-state index < -0.39 is 6.61 Å². The third-order valence-corrected chi connectivity index (χ3v) is 5.29. The molecular formula is C20H32F2IN3O3. The van der Waals surface area contributed by atoms with E-state index in [0.29, 0.717) is 17.3 Å². The molecule has 0 bridgehead atoms. The van der Waals surface area contributed by atoms with E-state index in [2.05, 4.69) is 20.4 Å². The molecule has 0 heterocycles. The smallest absolute Gasteiger partial charge is 0.387 e. The normalized spacial score (nSPS) is 15.7. The highest BCUT2D eigenvalue weighted by molar-refractivity contribution is 14.0. The lowest BCUT2D eigenvalue weighted by atomic mass is 9.83. The standard InChI is InChI=1S/C20H31F2N3O3.HI/c1-23-19(25-14-20(10-11-26-2)8-4-5-9-20)24-13-15-12-16(27-3)6-7-17(15)28-18(21)22;/h6-7,12,18H,4-5,8-11,13-14H2,1-3H3,(H2,23,24,25);1H. The third-order valence-electron chi connectivity index (χ3n) is 5.29. The summed E-state index contributed by atoms with van der Waals surface area (Å²) in [5.74, 6) is 1.31. The van der Waals surface area contributed by atoms with Crippen LogP contribution in [0, 0.1) is 5.41 Å². The number of nitrogens with zero attached hydrogens (tertiary/aromatic N) is 1. The zero-order valence-corrected chi connectivity index (χ0v) is 19.6. The van der Waals surface area contributed by atoms with Crippen molar-refractivity contribution in [1.29, 1.82) is 0 Å². The minimum absolute atomic E-state index is 0. The Labute approximate surface area is 188 Å². The fraction of sp³-hybridized carbons (Fsp3) is 0.650. The molecule has 9 heteroatoms. The van der Waals surface area contributed by atoms with E-state index in [4.69, 9.17) is 9.47 Å². The molecule has 1 fully saturated rings. The topological polar surface area (TPSA) is 64.1 Å². The molecular weight excluding hydrogens is 495 g/mol. The van der Waals surface area contributed by atoms with Crippen molar-refractivity contribution in [2.75, 3.05) is 34.4 Å². The summed E-state index contributed by atoms with van der Waals surface area (Å²) >= 11 is 0. The molecule has 0 aliphatic heterocycles. The molecule has 0 aromatic heterocycles. The quantitative estimate of drug-likeness (QED) is 0.272. The van der Waals surface area contributed by atoms with Crippen LogP contribution in [0.1, 0.15) is 37.7 Å². The zero-order chi connectivity index (χ0) is 20.4. The zero-order valence-electron chi connectivity index (χ0n) is 17.3. The van der Waals surface area contributed by atoms with Crippen LogP contribution in [0.2, 0.25) is 0 Å². The number of methoxy groups -OCH3 is 2. The van der Waals surface area contributed by atoms with Gasteiger partial charge in [0.2, 0.25) is 0 Å². The maximum atomic E-state index is 12.7. The number of hydrogen-bond acceptors (Lipinski definition) is 4. The van der Waals surface area contributed by atoms with Crippen LogP contribution < -0.4 is 20.1 Å². The molecule has 1 aliphatic rings. The molecule has 1 aromatic carbocycles. The molecule has 0 spiro atoms. The van der Waals surface area contributed by atoms with Gasteiger partial charge in [-0.05, 0) is 42.9 Å². The Balaban J connectivity index is 0.00000420. The third kappa shape index (κ3) is 8.12. The fourth-order valence-electron chi connectivity index (χ4n) is 3.66. The van der Waals surface area contributed by atoms with Gasteiger partial charge in [0.25, 0.3) is 0 Å². The average molecular weight is 527 g/mol. The molecule has 2 N–H and O–H groups in total. The molecule has 0 unspecified atom stereocenters. The van der Waals surface area contributed by atoms with Gasteiger partial charge in [0.15, 0.2) is 5.96 Å². The Morgan fingerprint density at radius 1 is 1.21 bits per heavy atom. The summed E-state index contributed by atoms with van der Waals surface area (Å²) in [6.45, 7) is -1.06. The van der Waals surface area contributed by atoms with Gasteiger partial charge in [-0.2, -0.15) is 8.78 Å². The molecule has 1 aromatic rings. The van der Waals surface area contributed by atoms with E-state index >= 15 is 0 Å². The Kier molecular flexibility index (Phi) is 11.6. The van der Waals surface area contributed by atoms with E-state index in [9.17, 15) is 8.78 Å². The van der Waals surface area contributed by atoms with Gasteiger partial charge >= 0.3 is 6.61 Å². The Morgan fingerprint density at radius 3 is 2.52 bits per heavy atom. The number of nitrogens with one attached hydrogen (secondary N) is 2. The average Bonchev–Trinajstić information content (AvgIpc) is 3.16. The summed E-state index contributed by atoms with van der Waals surface area (Å²) < 4.78 is 40.4. The van der Waals surface area contributed by atoms with Gasteiger partial charge in [0, 0.05) is 39.4 Å². The van der Waals surface area contributed by atoms with Crippen molar-refractivity contribution in [3.8, 4) is 11.5 Å². The lowest BCUT2D eigenvalue weighted by Gasteiger charge is -2.30. The molecule has 0 radical (unpaired) electrons. The highest BCUT2D eigenvalue weighted by Gasteiger charge is 2.33. The van der Waals surface area contributed by atoms with Gasteiger partial charge in [-0.1, -0.05) is 12.8 Å². The van der Waals surface area contributed by atoms with E-state index in [-0.39, 0.29) is 41.7 Å². The number of alkyl halides is 2. The molecule has 1 saturated carbocycles. The highest BCUT2D eigenvalue weighted by atomic mass is 127. The maximum Gasteiger partial charge on any atom is 0.387 e. The number of guanidine groups is 1. The van der Waals surface area contributed by atoms with E-state index in [1.807, 2.05) is 0 Å². The molecule has 29 heavy (non-hydrogen) atoms. The Bertz CT molecular complexity index is 641. The lowest BCUT2D eigenvalue weighted by molar-refractivity contribution is -0.0505. The second-order valence-corrected chi connectivity index (χ2v) is 7.08. The molecule has 0 saturated heterocycles. The summed E-state index contributed by atoms with van der Waals surface area (Å²) in [6, 6.07) is 4.75. The minimum Gasteiger partial charge on any atom is -0.497 e. The number of benzene rings is 1. The number of aliphatic imine (C=N–C) groups is 1. The predicted molar refractivity (Wildman–Crippen MR) is 121 cm³/mol. The first-order valence-electron chi connectivity index (χ1n) is 9.57. The number of halogens is 3. The van der Waals surface area contributed by atoms with Gasteiger partial charge in [-0.25, -0.2) is 0 Å². The molecule has 1 aliphatic carbocycles. The minimum atomic E-state index is -2.88. The molecule has 0 atom stereocenters. The van der Waals surface area contributed by atoms with Gasteiger partial charge in [-0.3, -0.25) is 4.99 Å². The van der Waals surface area contributed by atoms with Crippen LogP contribution in [0.3, 0.4) is 0 Å². The van der Waals surface area contributed by atoms with Crippen molar-refractivity contribution in [3.05, 3.63) is 23.8 Å². The summed E-state index contributed by atoms with van der Waals surface area (Å²) in [7, 11) is 4.94. The van der Waals surface area contributed by atoms with Gasteiger partial charge < -0.3 is 24.8 Å². The molecule has 166 valence electrons. The number of rotatable bonds is 10. The van der Waals surface area contributed by atoms with Crippen molar-refractivity contribution < 1.29 is 23.0 Å². The van der Waals surface area contributed by atoms with Crippen molar-refractivity contribution in [1.82, 2.24) is 10.6 Å². The monoisotopic (exact) mass is 527 g/mol. The van der Waals surface area contributed by atoms with Gasteiger partial charge in [0.05, 0.1) is 7.11 Å². The van der Waals surface area contributed by atoms with Crippen molar-refractivity contribution in [3.63, 3.8) is 0 Å². The summed E-state index contributed by atoms with van der Waals surface area (Å²) in [5, 5.41) is 6.56. The summed E-state index contributed by atoms with van der Waals surface area (Å²) in [4.78, 5) is 4.25.